The van der Waals surface area contributed by atoms with Gasteiger partial charge in [-0.05, 0) is 60.1 Å². The molecule has 0 saturated heterocycles. The largest absolute Gasteiger partial charge is 0.392 e. The molecule has 3 rings (SSSR count). The molecule has 3 heteroatoms. The van der Waals surface area contributed by atoms with Crippen molar-refractivity contribution >= 4 is 11.6 Å². The topological polar surface area (TPSA) is 20.2 Å². The Morgan fingerprint density at radius 3 is 2.67 bits per heavy atom. The van der Waals surface area contributed by atoms with Gasteiger partial charge in [0.2, 0.25) is 0 Å². The number of aliphatic hydroxyl groups is 1. The summed E-state index contributed by atoms with van der Waals surface area (Å²) in [6.45, 7) is 0. The summed E-state index contributed by atoms with van der Waals surface area (Å²) in [7, 11) is 0. The minimum Gasteiger partial charge on any atom is -0.392 e. The lowest BCUT2D eigenvalue weighted by molar-refractivity contribution is 0.175. The van der Waals surface area contributed by atoms with Gasteiger partial charge in [-0.1, -0.05) is 35.9 Å². The summed E-state index contributed by atoms with van der Waals surface area (Å²) in [5.74, 6) is -0.350. The van der Waals surface area contributed by atoms with Gasteiger partial charge >= 0.3 is 0 Å². The van der Waals surface area contributed by atoms with Crippen LogP contribution < -0.4 is 0 Å². The fourth-order valence-corrected chi connectivity index (χ4v) is 3.28. The van der Waals surface area contributed by atoms with Crippen LogP contribution in [0.2, 0.25) is 5.02 Å². The highest BCUT2D eigenvalue weighted by atomic mass is 35.5. The van der Waals surface area contributed by atoms with Crippen molar-refractivity contribution in [2.24, 2.45) is 0 Å². The lowest BCUT2D eigenvalue weighted by atomic mass is 9.98. The highest BCUT2D eigenvalue weighted by Gasteiger charge is 2.14. The summed E-state index contributed by atoms with van der Waals surface area (Å²) in [5, 5.41) is 10.6. The van der Waals surface area contributed by atoms with Crippen LogP contribution in [0.15, 0.2) is 36.4 Å². The van der Waals surface area contributed by atoms with Crippen molar-refractivity contribution in [1.82, 2.24) is 0 Å². The predicted octanol–water partition coefficient (Wildman–Crippen LogP) is 4.11. The van der Waals surface area contributed by atoms with Gasteiger partial charge in [0.25, 0.3) is 0 Å². The van der Waals surface area contributed by atoms with Crippen molar-refractivity contribution in [1.29, 1.82) is 0 Å². The maximum Gasteiger partial charge on any atom is 0.124 e. The number of fused-ring (bicyclic) bond motifs is 1. The summed E-state index contributed by atoms with van der Waals surface area (Å²) < 4.78 is 13.0. The number of hydrogen-bond acceptors (Lipinski definition) is 1. The minimum atomic E-state index is -0.507. The first-order valence-electron chi connectivity index (χ1n) is 7.34. The monoisotopic (exact) mass is 304 g/mol. The minimum absolute atomic E-state index is 0.350. The molecule has 0 radical (unpaired) electrons. The van der Waals surface area contributed by atoms with E-state index < -0.39 is 6.10 Å². The van der Waals surface area contributed by atoms with E-state index in [1.54, 1.807) is 6.07 Å². The van der Waals surface area contributed by atoms with Crippen LogP contribution in [0.3, 0.4) is 0 Å². The standard InChI is InChI=1S/C18H18ClFO/c19-18-11-16(20)7-6-15(18)10-17(21)9-12-4-5-13-2-1-3-14(13)8-12/h4-8,11,17,21H,1-3,9-10H2. The number of rotatable bonds is 4. The Labute approximate surface area is 129 Å². The van der Waals surface area contributed by atoms with E-state index >= 15 is 0 Å². The SMILES string of the molecule is OC(Cc1ccc2c(c1)CCC2)Cc1ccc(F)cc1Cl. The van der Waals surface area contributed by atoms with Gasteiger partial charge in [-0.3, -0.25) is 0 Å². The van der Waals surface area contributed by atoms with Crippen molar-refractivity contribution in [2.45, 2.75) is 38.2 Å². The Bertz CT molecular complexity index is 654. The zero-order valence-electron chi connectivity index (χ0n) is 11.8. The number of aliphatic hydroxyl groups excluding tert-OH is 1. The van der Waals surface area contributed by atoms with E-state index in [0.29, 0.717) is 17.9 Å². The van der Waals surface area contributed by atoms with E-state index in [9.17, 15) is 9.50 Å². The van der Waals surface area contributed by atoms with Gasteiger partial charge in [-0.25, -0.2) is 4.39 Å². The van der Waals surface area contributed by atoms with Gasteiger partial charge in [0.15, 0.2) is 0 Å². The van der Waals surface area contributed by atoms with Gasteiger partial charge in [-0.15, -0.1) is 0 Å². The average Bonchev–Trinajstić information content (AvgIpc) is 2.89. The van der Waals surface area contributed by atoms with Gasteiger partial charge in [-0.2, -0.15) is 0 Å². The lowest BCUT2D eigenvalue weighted by Crippen LogP contribution is -2.14. The molecule has 0 fully saturated rings. The molecule has 1 nitrogen and oxygen atoms in total. The molecular weight excluding hydrogens is 287 g/mol. The Morgan fingerprint density at radius 2 is 1.86 bits per heavy atom. The van der Waals surface area contributed by atoms with Crippen molar-refractivity contribution in [3.05, 3.63) is 69.5 Å². The van der Waals surface area contributed by atoms with E-state index in [4.69, 9.17) is 11.6 Å². The third-order valence-electron chi connectivity index (χ3n) is 4.10. The normalized spacial score (nSPS) is 15.0. The smallest absolute Gasteiger partial charge is 0.124 e. The third-order valence-corrected chi connectivity index (χ3v) is 4.46. The van der Waals surface area contributed by atoms with Crippen LogP contribution in [0.1, 0.15) is 28.7 Å². The maximum atomic E-state index is 13.0. The van der Waals surface area contributed by atoms with Crippen LogP contribution in [0.5, 0.6) is 0 Å². The molecule has 0 spiro atoms. The van der Waals surface area contributed by atoms with Crippen LogP contribution in [0, 0.1) is 5.82 Å². The molecule has 1 aliphatic rings. The molecule has 0 aliphatic heterocycles. The third kappa shape index (κ3) is 3.45. The fourth-order valence-electron chi connectivity index (χ4n) is 3.04. The second kappa shape index (κ2) is 6.17. The number of halogens is 2. The molecule has 0 heterocycles. The zero-order chi connectivity index (χ0) is 14.8. The van der Waals surface area contributed by atoms with Gasteiger partial charge in [0, 0.05) is 11.4 Å². The Hall–Kier alpha value is -1.38. The number of aryl methyl sites for hydroxylation is 2. The molecule has 1 aliphatic carbocycles. The number of benzene rings is 2. The van der Waals surface area contributed by atoms with Crippen LogP contribution >= 0.6 is 11.6 Å². The highest BCUT2D eigenvalue weighted by molar-refractivity contribution is 6.31. The van der Waals surface area contributed by atoms with E-state index in [2.05, 4.69) is 18.2 Å². The highest BCUT2D eigenvalue weighted by Crippen LogP contribution is 2.24. The molecular formula is C18H18ClFO. The molecule has 1 atom stereocenters. The van der Waals surface area contributed by atoms with Crippen LogP contribution in [0.25, 0.3) is 0 Å². The first-order valence-corrected chi connectivity index (χ1v) is 7.72. The Morgan fingerprint density at radius 1 is 1.05 bits per heavy atom. The van der Waals surface area contributed by atoms with Crippen molar-refractivity contribution in [3.8, 4) is 0 Å². The summed E-state index contributed by atoms with van der Waals surface area (Å²) in [5.41, 5.74) is 4.79. The van der Waals surface area contributed by atoms with Crippen molar-refractivity contribution < 1.29 is 9.50 Å². The fraction of sp³-hybridized carbons (Fsp3) is 0.333. The van der Waals surface area contributed by atoms with Gasteiger partial charge in [0.1, 0.15) is 5.82 Å². The van der Waals surface area contributed by atoms with Crippen LogP contribution in [-0.2, 0) is 25.7 Å². The van der Waals surface area contributed by atoms with E-state index in [1.165, 1.54) is 36.1 Å². The lowest BCUT2D eigenvalue weighted by Gasteiger charge is -2.13. The molecule has 0 saturated carbocycles. The average molecular weight is 305 g/mol. The second-order valence-electron chi connectivity index (χ2n) is 5.75. The molecule has 2 aromatic rings. The molecule has 1 N–H and O–H groups in total. The molecule has 0 aromatic heterocycles. The second-order valence-corrected chi connectivity index (χ2v) is 6.16. The molecule has 1 unspecified atom stereocenters. The Balaban J connectivity index is 1.67. The summed E-state index contributed by atoms with van der Waals surface area (Å²) in [6, 6.07) is 10.8. The van der Waals surface area contributed by atoms with Crippen molar-refractivity contribution in [3.63, 3.8) is 0 Å². The summed E-state index contributed by atoms with van der Waals surface area (Å²) in [6.07, 6.45) is 4.07. The van der Waals surface area contributed by atoms with E-state index in [-0.39, 0.29) is 5.82 Å². The molecule has 2 aromatic carbocycles. The summed E-state index contributed by atoms with van der Waals surface area (Å²) in [4.78, 5) is 0. The Kier molecular flexibility index (Phi) is 4.27. The molecule has 0 amide bonds. The molecule has 0 bridgehead atoms. The van der Waals surface area contributed by atoms with E-state index in [0.717, 1.165) is 17.5 Å². The summed E-state index contributed by atoms with van der Waals surface area (Å²) >= 11 is 6.00. The van der Waals surface area contributed by atoms with E-state index in [1.807, 2.05) is 0 Å². The number of hydrogen-bond donors (Lipinski definition) is 1. The quantitative estimate of drug-likeness (QED) is 0.901. The first kappa shape index (κ1) is 14.6. The predicted molar refractivity (Wildman–Crippen MR) is 83.3 cm³/mol. The van der Waals surface area contributed by atoms with Crippen LogP contribution in [0.4, 0.5) is 4.39 Å². The first-order chi connectivity index (χ1) is 10.1. The molecule has 21 heavy (non-hydrogen) atoms. The van der Waals surface area contributed by atoms with Gasteiger partial charge < -0.3 is 5.11 Å². The maximum absolute atomic E-state index is 13.0. The molecule has 110 valence electrons. The van der Waals surface area contributed by atoms with Gasteiger partial charge in [0.05, 0.1) is 6.10 Å². The zero-order valence-corrected chi connectivity index (χ0v) is 12.5. The van der Waals surface area contributed by atoms with Crippen LogP contribution in [-0.4, -0.2) is 11.2 Å². The van der Waals surface area contributed by atoms with Crippen molar-refractivity contribution in [2.75, 3.05) is 0 Å².